The van der Waals surface area contributed by atoms with E-state index in [0.717, 1.165) is 49.6 Å². The van der Waals surface area contributed by atoms with E-state index < -0.39 is 0 Å². The van der Waals surface area contributed by atoms with Crippen LogP contribution in [0.15, 0.2) is 158 Å². The Morgan fingerprint density at radius 1 is 0.500 bits per heavy atom. The van der Waals surface area contributed by atoms with Gasteiger partial charge in [-0.05, 0) is 65.2 Å². The van der Waals surface area contributed by atoms with Crippen LogP contribution in [0.5, 0.6) is 0 Å². The van der Waals surface area contributed by atoms with Crippen LogP contribution in [0.2, 0.25) is 0 Å². The highest BCUT2D eigenvalue weighted by Crippen LogP contribution is 2.42. The monoisotopic (exact) mass is 642 g/mol. The van der Waals surface area contributed by atoms with Gasteiger partial charge in [0.15, 0.2) is 5.69 Å². The zero-order valence-electron chi connectivity index (χ0n) is 26.6. The molecule has 0 fully saturated rings. The molecule has 50 heavy (non-hydrogen) atoms. The minimum absolute atomic E-state index is 0.319. The third-order valence-electron chi connectivity index (χ3n) is 9.38. The summed E-state index contributed by atoms with van der Waals surface area (Å²) in [5.41, 5.74) is 8.74. The fourth-order valence-corrected chi connectivity index (χ4v) is 7.10. The molecule has 2 amide bonds. The predicted octanol–water partition coefficient (Wildman–Crippen LogP) is 10.5. The van der Waals surface area contributed by atoms with Gasteiger partial charge in [-0.3, -0.25) is 9.59 Å². The van der Waals surface area contributed by atoms with Gasteiger partial charge in [-0.1, -0.05) is 116 Å². The van der Waals surface area contributed by atoms with E-state index in [2.05, 4.69) is 26.5 Å². The Hall–Kier alpha value is -7.10. The van der Waals surface area contributed by atoms with Gasteiger partial charge in [-0.2, -0.15) is 0 Å². The Morgan fingerprint density at radius 3 is 2.00 bits per heavy atom. The molecular formula is C44H26N4O2. The Labute approximate surface area is 287 Å². The molecule has 0 radical (unpaired) electrons. The number of amides is 2. The lowest BCUT2D eigenvalue weighted by Crippen LogP contribution is -2.30. The summed E-state index contributed by atoms with van der Waals surface area (Å²) < 4.78 is 2.07. The summed E-state index contributed by atoms with van der Waals surface area (Å²) in [4.78, 5) is 38.7. The second-order valence-corrected chi connectivity index (χ2v) is 12.2. The lowest BCUT2D eigenvalue weighted by molar-refractivity contribution is 0.0926. The number of pyridine rings is 1. The van der Waals surface area contributed by atoms with Gasteiger partial charge < -0.3 is 9.41 Å². The highest BCUT2D eigenvalue weighted by atomic mass is 16.2. The molecule has 0 saturated carbocycles. The SMILES string of the molecule is [C-]#[N+]c1cccc(-c2ccc3c4ccccc4n(-c4cccc5c4C(=O)N(c4cc(-c6ccccc6)ccc4-c4ccccc4)C5=O)c3c2)n1. The first kappa shape index (κ1) is 29.1. The number of hydrogen-bond donors (Lipinski definition) is 0. The second kappa shape index (κ2) is 11.6. The fourth-order valence-electron chi connectivity index (χ4n) is 7.10. The largest absolute Gasteiger partial charge is 0.361 e. The maximum atomic E-state index is 14.8. The molecule has 0 unspecified atom stereocenters. The maximum Gasteiger partial charge on any atom is 0.270 e. The number of para-hydroxylation sites is 1. The minimum Gasteiger partial charge on any atom is -0.361 e. The lowest BCUT2D eigenvalue weighted by atomic mass is 9.97. The molecule has 0 spiro atoms. The summed E-state index contributed by atoms with van der Waals surface area (Å²) in [6, 6.07) is 50.8. The smallest absolute Gasteiger partial charge is 0.270 e. The van der Waals surface area contributed by atoms with Crippen LogP contribution < -0.4 is 4.90 Å². The molecule has 234 valence electrons. The van der Waals surface area contributed by atoms with Gasteiger partial charge in [-0.25, -0.2) is 4.90 Å². The molecule has 8 aromatic rings. The molecule has 6 heteroatoms. The van der Waals surface area contributed by atoms with E-state index in [-0.39, 0.29) is 11.8 Å². The Balaban J connectivity index is 1.25. The Bertz CT molecular complexity index is 2710. The van der Waals surface area contributed by atoms with E-state index in [1.165, 1.54) is 4.90 Å². The zero-order chi connectivity index (χ0) is 33.8. The molecule has 0 atom stereocenters. The van der Waals surface area contributed by atoms with E-state index in [4.69, 9.17) is 6.57 Å². The van der Waals surface area contributed by atoms with Gasteiger partial charge in [0.2, 0.25) is 0 Å². The molecule has 6 nitrogen and oxygen atoms in total. The lowest BCUT2D eigenvalue weighted by Gasteiger charge is -2.20. The van der Waals surface area contributed by atoms with Crippen LogP contribution in [0.4, 0.5) is 11.5 Å². The first-order chi connectivity index (χ1) is 24.6. The van der Waals surface area contributed by atoms with Crippen molar-refractivity contribution in [3.8, 4) is 39.2 Å². The molecule has 6 aromatic carbocycles. The molecule has 0 bridgehead atoms. The van der Waals surface area contributed by atoms with Crippen LogP contribution in [0, 0.1) is 6.57 Å². The number of hydrogen-bond acceptors (Lipinski definition) is 3. The van der Waals surface area contributed by atoms with E-state index in [0.29, 0.717) is 34.0 Å². The number of rotatable bonds is 5. The number of nitrogens with zero attached hydrogens (tertiary/aromatic N) is 4. The molecular weight excluding hydrogens is 617 g/mol. The van der Waals surface area contributed by atoms with Crippen LogP contribution >= 0.6 is 0 Å². The number of anilines is 1. The summed E-state index contributed by atoms with van der Waals surface area (Å²) >= 11 is 0. The summed E-state index contributed by atoms with van der Waals surface area (Å²) in [5.74, 6) is -0.424. The first-order valence-electron chi connectivity index (χ1n) is 16.3. The standard InChI is InChI=1S/C44H26N4O2/c1-45-41-21-11-18-36(46-41)31-23-25-34-33-16-8-9-19-37(33)47(40(34)27-31)38-20-10-17-35-42(38)44(50)48(43(35)49)39-26-30(28-12-4-2-5-13-28)22-24-32(39)29-14-6-3-7-15-29/h2-27H. The van der Waals surface area contributed by atoms with Gasteiger partial charge in [-0.15, -0.1) is 4.98 Å². The minimum atomic E-state index is -0.378. The predicted molar refractivity (Wildman–Crippen MR) is 199 cm³/mol. The van der Waals surface area contributed by atoms with Gasteiger partial charge in [0.05, 0.1) is 33.5 Å². The number of carbonyl (C=O) groups is 2. The van der Waals surface area contributed by atoms with Gasteiger partial charge in [0.1, 0.15) is 0 Å². The average molecular weight is 643 g/mol. The molecule has 9 rings (SSSR count). The molecule has 2 aromatic heterocycles. The summed E-state index contributed by atoms with van der Waals surface area (Å²) in [6.45, 7) is 7.45. The molecule has 1 aliphatic heterocycles. The quantitative estimate of drug-likeness (QED) is 0.139. The number of aromatic nitrogens is 2. The Kier molecular flexibility index (Phi) is 6.72. The number of benzene rings is 6. The average Bonchev–Trinajstić information content (AvgIpc) is 3.65. The van der Waals surface area contributed by atoms with Crippen LogP contribution in [0.1, 0.15) is 20.7 Å². The molecule has 1 aliphatic rings. The van der Waals surface area contributed by atoms with Crippen molar-refractivity contribution in [3.05, 3.63) is 180 Å². The van der Waals surface area contributed by atoms with E-state index in [1.807, 2.05) is 133 Å². The van der Waals surface area contributed by atoms with Gasteiger partial charge in [0.25, 0.3) is 17.6 Å². The molecule has 3 heterocycles. The third kappa shape index (κ3) is 4.53. The van der Waals surface area contributed by atoms with Crippen molar-refractivity contribution >= 4 is 45.1 Å². The maximum absolute atomic E-state index is 14.8. The summed E-state index contributed by atoms with van der Waals surface area (Å²) in [7, 11) is 0. The Morgan fingerprint density at radius 2 is 1.20 bits per heavy atom. The van der Waals surface area contributed by atoms with Crippen molar-refractivity contribution in [1.82, 2.24) is 9.55 Å². The van der Waals surface area contributed by atoms with Crippen molar-refractivity contribution < 1.29 is 9.59 Å². The molecule has 0 saturated heterocycles. The zero-order valence-corrected chi connectivity index (χ0v) is 26.6. The molecule has 0 aliphatic carbocycles. The van der Waals surface area contributed by atoms with Crippen molar-refractivity contribution in [2.75, 3.05) is 4.90 Å². The number of carbonyl (C=O) groups excluding carboxylic acids is 2. The summed E-state index contributed by atoms with van der Waals surface area (Å²) in [6.07, 6.45) is 0. The number of imide groups is 1. The van der Waals surface area contributed by atoms with Crippen LogP contribution in [-0.4, -0.2) is 21.4 Å². The van der Waals surface area contributed by atoms with Crippen LogP contribution in [0.3, 0.4) is 0 Å². The normalized spacial score (nSPS) is 12.4. The van der Waals surface area contributed by atoms with Crippen molar-refractivity contribution in [1.29, 1.82) is 0 Å². The van der Waals surface area contributed by atoms with E-state index in [9.17, 15) is 9.59 Å². The van der Waals surface area contributed by atoms with Gasteiger partial charge >= 0.3 is 0 Å². The van der Waals surface area contributed by atoms with Crippen molar-refractivity contribution in [2.24, 2.45) is 0 Å². The van der Waals surface area contributed by atoms with Crippen LogP contribution in [0.25, 0.3) is 65.8 Å². The van der Waals surface area contributed by atoms with Crippen molar-refractivity contribution in [2.45, 2.75) is 0 Å². The third-order valence-corrected chi connectivity index (χ3v) is 9.38. The van der Waals surface area contributed by atoms with E-state index >= 15 is 0 Å². The van der Waals surface area contributed by atoms with Crippen LogP contribution in [-0.2, 0) is 0 Å². The first-order valence-corrected chi connectivity index (χ1v) is 16.3. The topological polar surface area (TPSA) is 59.6 Å². The van der Waals surface area contributed by atoms with Crippen molar-refractivity contribution in [3.63, 3.8) is 0 Å². The second-order valence-electron chi connectivity index (χ2n) is 12.2. The number of fused-ring (bicyclic) bond motifs is 4. The van der Waals surface area contributed by atoms with E-state index in [1.54, 1.807) is 12.1 Å². The highest BCUT2D eigenvalue weighted by Gasteiger charge is 2.40. The fraction of sp³-hybridized carbons (Fsp3) is 0. The summed E-state index contributed by atoms with van der Waals surface area (Å²) in [5, 5.41) is 2.02. The van der Waals surface area contributed by atoms with Gasteiger partial charge in [0, 0.05) is 21.9 Å². The highest BCUT2D eigenvalue weighted by molar-refractivity contribution is 6.36. The molecule has 0 N–H and O–H groups in total.